The van der Waals surface area contributed by atoms with E-state index in [0.29, 0.717) is 12.7 Å². The van der Waals surface area contributed by atoms with E-state index in [9.17, 15) is 9.90 Å². The van der Waals surface area contributed by atoms with Crippen molar-refractivity contribution in [2.24, 2.45) is 5.73 Å². The molecule has 3 N–H and O–H groups in total. The monoisotopic (exact) mass is 193 g/mol. The molecule has 0 heterocycles. The van der Waals surface area contributed by atoms with E-state index in [1.54, 1.807) is 0 Å². The van der Waals surface area contributed by atoms with Crippen LogP contribution in [0.2, 0.25) is 0 Å². The molecule has 76 valence electrons. The fourth-order valence-corrected chi connectivity index (χ4v) is 1.30. The molecule has 2 unspecified atom stereocenters. The van der Waals surface area contributed by atoms with Gasteiger partial charge in [0.2, 0.25) is 0 Å². The molecule has 0 saturated heterocycles. The summed E-state index contributed by atoms with van der Waals surface area (Å²) in [5.74, 6) is 0. The van der Waals surface area contributed by atoms with Crippen LogP contribution in [0.1, 0.15) is 12.0 Å². The van der Waals surface area contributed by atoms with E-state index in [4.69, 9.17) is 5.73 Å². The summed E-state index contributed by atoms with van der Waals surface area (Å²) < 4.78 is 0. The standard InChI is InChI=1S/C11H15NO2/c12-10(11(14)6-7-13)8-9-4-2-1-3-5-9/h1-5,7,10-11,14H,6,8,12H2. The van der Waals surface area contributed by atoms with E-state index in [2.05, 4.69) is 0 Å². The Labute approximate surface area is 83.6 Å². The first-order valence-corrected chi connectivity index (χ1v) is 4.65. The lowest BCUT2D eigenvalue weighted by atomic mass is 10.0. The van der Waals surface area contributed by atoms with Crippen LogP contribution < -0.4 is 5.73 Å². The molecule has 0 spiro atoms. The predicted octanol–water partition coefficient (Wildman–Crippen LogP) is 0.506. The van der Waals surface area contributed by atoms with E-state index in [1.165, 1.54) is 0 Å². The summed E-state index contributed by atoms with van der Waals surface area (Å²) in [7, 11) is 0. The van der Waals surface area contributed by atoms with Crippen molar-refractivity contribution >= 4 is 6.29 Å². The molecule has 0 aliphatic carbocycles. The number of aliphatic hydroxyl groups excluding tert-OH is 1. The van der Waals surface area contributed by atoms with E-state index < -0.39 is 6.10 Å². The van der Waals surface area contributed by atoms with Gasteiger partial charge in [-0.2, -0.15) is 0 Å². The van der Waals surface area contributed by atoms with E-state index >= 15 is 0 Å². The van der Waals surface area contributed by atoms with E-state index in [1.807, 2.05) is 30.3 Å². The molecule has 1 aromatic rings. The highest BCUT2D eigenvalue weighted by Gasteiger charge is 2.14. The number of hydrogen-bond acceptors (Lipinski definition) is 3. The summed E-state index contributed by atoms with van der Waals surface area (Å²) in [6.45, 7) is 0. The molecule has 0 aliphatic rings. The summed E-state index contributed by atoms with van der Waals surface area (Å²) in [6.07, 6.45) is 0.645. The van der Waals surface area contributed by atoms with Crippen molar-refractivity contribution in [3.63, 3.8) is 0 Å². The molecule has 2 atom stereocenters. The molecule has 3 nitrogen and oxygen atoms in total. The summed E-state index contributed by atoms with van der Waals surface area (Å²) in [6, 6.07) is 9.31. The first-order chi connectivity index (χ1) is 6.74. The molecule has 0 amide bonds. The van der Waals surface area contributed by atoms with Crippen LogP contribution in [0.5, 0.6) is 0 Å². The van der Waals surface area contributed by atoms with Crippen molar-refractivity contribution in [3.05, 3.63) is 35.9 Å². The number of benzene rings is 1. The number of carbonyl (C=O) groups excluding carboxylic acids is 1. The number of aldehydes is 1. The molecule has 0 saturated carbocycles. The molecular weight excluding hydrogens is 178 g/mol. The Balaban J connectivity index is 2.48. The molecule has 0 aliphatic heterocycles. The lowest BCUT2D eigenvalue weighted by molar-refractivity contribution is -0.109. The fourth-order valence-electron chi connectivity index (χ4n) is 1.30. The fraction of sp³-hybridized carbons (Fsp3) is 0.364. The smallest absolute Gasteiger partial charge is 0.122 e. The Kier molecular flexibility index (Phi) is 4.29. The van der Waals surface area contributed by atoms with Crippen LogP contribution in [0.15, 0.2) is 30.3 Å². The van der Waals surface area contributed by atoms with Crippen LogP contribution in [0.4, 0.5) is 0 Å². The van der Waals surface area contributed by atoms with Crippen molar-refractivity contribution in [2.45, 2.75) is 25.0 Å². The van der Waals surface area contributed by atoms with Gasteiger partial charge < -0.3 is 15.6 Å². The number of rotatable bonds is 5. The van der Waals surface area contributed by atoms with Gasteiger partial charge in [0.05, 0.1) is 6.10 Å². The van der Waals surface area contributed by atoms with Crippen molar-refractivity contribution < 1.29 is 9.90 Å². The molecule has 0 aromatic heterocycles. The average molecular weight is 193 g/mol. The Hall–Kier alpha value is -1.19. The van der Waals surface area contributed by atoms with Crippen LogP contribution in [-0.2, 0) is 11.2 Å². The second kappa shape index (κ2) is 5.52. The van der Waals surface area contributed by atoms with Gasteiger partial charge in [0, 0.05) is 12.5 Å². The van der Waals surface area contributed by atoms with Gasteiger partial charge in [0.1, 0.15) is 6.29 Å². The van der Waals surface area contributed by atoms with Gasteiger partial charge in [0.15, 0.2) is 0 Å². The zero-order valence-electron chi connectivity index (χ0n) is 7.97. The van der Waals surface area contributed by atoms with E-state index in [0.717, 1.165) is 5.56 Å². The minimum Gasteiger partial charge on any atom is -0.391 e. The SMILES string of the molecule is NC(Cc1ccccc1)C(O)CC=O. The summed E-state index contributed by atoms with van der Waals surface area (Å²) in [4.78, 5) is 10.2. The van der Waals surface area contributed by atoms with Crippen LogP contribution in [0, 0.1) is 0 Å². The van der Waals surface area contributed by atoms with Gasteiger partial charge >= 0.3 is 0 Å². The quantitative estimate of drug-likeness (QED) is 0.669. The Morgan fingerprint density at radius 3 is 2.57 bits per heavy atom. The topological polar surface area (TPSA) is 63.3 Å². The third-order valence-corrected chi connectivity index (χ3v) is 2.15. The van der Waals surface area contributed by atoms with Gasteiger partial charge in [-0.05, 0) is 12.0 Å². The van der Waals surface area contributed by atoms with Gasteiger partial charge in [0.25, 0.3) is 0 Å². The van der Waals surface area contributed by atoms with E-state index in [-0.39, 0.29) is 12.5 Å². The molecule has 0 radical (unpaired) electrons. The Bertz CT molecular complexity index is 274. The van der Waals surface area contributed by atoms with Gasteiger partial charge in [-0.25, -0.2) is 0 Å². The highest BCUT2D eigenvalue weighted by molar-refractivity contribution is 5.50. The maximum absolute atomic E-state index is 10.2. The highest BCUT2D eigenvalue weighted by Crippen LogP contribution is 2.05. The van der Waals surface area contributed by atoms with Crippen LogP contribution in [0.3, 0.4) is 0 Å². The van der Waals surface area contributed by atoms with Crippen LogP contribution in [-0.4, -0.2) is 23.5 Å². The third-order valence-electron chi connectivity index (χ3n) is 2.15. The molecular formula is C11H15NO2. The second-order valence-corrected chi connectivity index (χ2v) is 3.32. The molecule has 3 heteroatoms. The van der Waals surface area contributed by atoms with Crippen molar-refractivity contribution in [2.75, 3.05) is 0 Å². The minimum atomic E-state index is -0.743. The van der Waals surface area contributed by atoms with Crippen molar-refractivity contribution in [3.8, 4) is 0 Å². The largest absolute Gasteiger partial charge is 0.391 e. The minimum absolute atomic E-state index is 0.105. The van der Waals surface area contributed by atoms with Crippen molar-refractivity contribution in [1.29, 1.82) is 0 Å². The Morgan fingerprint density at radius 2 is 2.00 bits per heavy atom. The average Bonchev–Trinajstić information content (AvgIpc) is 2.19. The normalized spacial score (nSPS) is 14.7. The zero-order valence-corrected chi connectivity index (χ0v) is 7.97. The maximum Gasteiger partial charge on any atom is 0.122 e. The van der Waals surface area contributed by atoms with Crippen LogP contribution in [0.25, 0.3) is 0 Å². The van der Waals surface area contributed by atoms with Gasteiger partial charge in [-0.3, -0.25) is 0 Å². The molecule has 14 heavy (non-hydrogen) atoms. The first-order valence-electron chi connectivity index (χ1n) is 4.65. The maximum atomic E-state index is 10.2. The zero-order chi connectivity index (χ0) is 10.4. The lowest BCUT2D eigenvalue weighted by Crippen LogP contribution is -2.36. The first kappa shape index (κ1) is 10.9. The number of nitrogens with two attached hydrogens (primary N) is 1. The lowest BCUT2D eigenvalue weighted by Gasteiger charge is -2.16. The van der Waals surface area contributed by atoms with Crippen molar-refractivity contribution in [1.82, 2.24) is 0 Å². The number of aliphatic hydroxyl groups is 1. The molecule has 0 fully saturated rings. The predicted molar refractivity (Wildman–Crippen MR) is 54.8 cm³/mol. The van der Waals surface area contributed by atoms with Gasteiger partial charge in [-0.15, -0.1) is 0 Å². The van der Waals surface area contributed by atoms with Gasteiger partial charge in [-0.1, -0.05) is 30.3 Å². The molecule has 0 bridgehead atoms. The second-order valence-electron chi connectivity index (χ2n) is 3.32. The highest BCUT2D eigenvalue weighted by atomic mass is 16.3. The summed E-state index contributed by atoms with van der Waals surface area (Å²) >= 11 is 0. The number of hydrogen-bond donors (Lipinski definition) is 2. The Morgan fingerprint density at radius 1 is 1.36 bits per heavy atom. The molecule has 1 aromatic carbocycles. The third kappa shape index (κ3) is 3.28. The van der Waals surface area contributed by atoms with Crippen LogP contribution >= 0.6 is 0 Å². The number of carbonyl (C=O) groups is 1. The summed E-state index contributed by atoms with van der Waals surface area (Å²) in [5.41, 5.74) is 6.80. The summed E-state index contributed by atoms with van der Waals surface area (Å²) in [5, 5.41) is 9.42. The molecule has 1 rings (SSSR count).